The summed E-state index contributed by atoms with van der Waals surface area (Å²) in [5.74, 6) is 0.262. The average Bonchev–Trinajstić information content (AvgIpc) is 3.96. The number of fused-ring (bicyclic) bond motifs is 2. The molecule has 0 saturated heterocycles. The van der Waals surface area contributed by atoms with Crippen molar-refractivity contribution in [2.45, 2.75) is 110 Å². The zero-order valence-electron chi connectivity index (χ0n) is 36.8. The molecule has 0 radical (unpaired) electrons. The number of benzene rings is 3. The van der Waals surface area contributed by atoms with Crippen molar-refractivity contribution in [3.63, 3.8) is 0 Å². The average molecular weight is 973 g/mol. The third-order valence-electron chi connectivity index (χ3n) is 11.0. The highest BCUT2D eigenvalue weighted by Crippen LogP contribution is 2.68. The summed E-state index contributed by atoms with van der Waals surface area (Å²) >= 11 is 4.74. The van der Waals surface area contributed by atoms with Crippen molar-refractivity contribution in [3.05, 3.63) is 79.7 Å². The smallest absolute Gasteiger partial charge is 0.350 e. The Morgan fingerprint density at radius 3 is 1.35 bits per heavy atom. The minimum atomic E-state index is -0.760. The Hall–Kier alpha value is -5.40. The summed E-state index contributed by atoms with van der Waals surface area (Å²) in [5, 5.41) is 10.2. The fourth-order valence-corrected chi connectivity index (χ4v) is 13.1. The van der Waals surface area contributed by atoms with Gasteiger partial charge in [-0.05, 0) is 113 Å². The third kappa shape index (κ3) is 11.4. The van der Waals surface area contributed by atoms with Crippen molar-refractivity contribution in [2.24, 2.45) is 11.8 Å². The fourth-order valence-electron chi connectivity index (χ4n) is 7.62. The number of ether oxygens (including phenoxy) is 8. The van der Waals surface area contributed by atoms with E-state index in [1.807, 2.05) is 19.9 Å². The van der Waals surface area contributed by atoms with Crippen molar-refractivity contribution in [3.8, 4) is 40.6 Å². The first-order chi connectivity index (χ1) is 32.1. The van der Waals surface area contributed by atoms with Gasteiger partial charge in [-0.2, -0.15) is 5.26 Å². The minimum absolute atomic E-state index is 0.161. The number of nitriles is 1. The molecule has 14 nitrogen and oxygen atoms in total. The highest BCUT2D eigenvalue weighted by molar-refractivity contribution is 8.26. The molecule has 0 bridgehead atoms. The van der Waals surface area contributed by atoms with Crippen LogP contribution in [-0.4, -0.2) is 63.5 Å². The zero-order valence-corrected chi connectivity index (χ0v) is 40.1. The Labute approximate surface area is 400 Å². The van der Waals surface area contributed by atoms with E-state index >= 15 is 0 Å². The van der Waals surface area contributed by atoms with Crippen LogP contribution in [0.25, 0.3) is 4.85 Å². The molecule has 66 heavy (non-hydrogen) atoms. The molecular weight excluding hydrogens is 925 g/mol. The molecule has 0 aromatic heterocycles. The van der Waals surface area contributed by atoms with Crippen LogP contribution < -0.4 is 28.4 Å². The Bertz CT molecular complexity index is 2250. The van der Waals surface area contributed by atoms with Crippen LogP contribution >= 0.6 is 47.0 Å². The second-order valence-corrected chi connectivity index (χ2v) is 20.2. The second-order valence-electron chi connectivity index (χ2n) is 15.6. The summed E-state index contributed by atoms with van der Waals surface area (Å²) < 4.78 is 46.7. The molecule has 18 heteroatoms. The maximum atomic E-state index is 13.5. The summed E-state index contributed by atoms with van der Waals surface area (Å²) in [6.07, 6.45) is 4.44. The Balaban J connectivity index is 0.945. The van der Waals surface area contributed by atoms with Gasteiger partial charge in [0.25, 0.3) is 5.70 Å². The van der Waals surface area contributed by atoms with Gasteiger partial charge in [-0.15, -0.1) is 0 Å². The van der Waals surface area contributed by atoms with Gasteiger partial charge in [0.05, 0.1) is 73.9 Å². The molecule has 3 aromatic rings. The van der Waals surface area contributed by atoms with E-state index in [-0.39, 0.29) is 35.0 Å². The number of thioether (sulfide) groups is 4. The SMILES string of the molecule is [C-]#[N+]C(C(=O)OC1CCC(C(=O)Oc2ccc(OCCC)cc2)CC1)=C1Sc2c(OC)c3c(c(OC)c2S1)SC(=C(C#N)C(=O)OC1CCC(C(=O)Oc2ccc(OCCC)cc2)CC1)S3. The number of hydrogen-bond donors (Lipinski definition) is 0. The van der Waals surface area contributed by atoms with Gasteiger partial charge >= 0.3 is 23.9 Å². The van der Waals surface area contributed by atoms with Gasteiger partial charge in [0, 0.05) is 0 Å². The Morgan fingerprint density at radius 2 is 0.985 bits per heavy atom. The van der Waals surface area contributed by atoms with Crippen LogP contribution in [0.1, 0.15) is 78.1 Å². The molecule has 2 saturated carbocycles. The van der Waals surface area contributed by atoms with E-state index < -0.39 is 24.1 Å². The predicted molar refractivity (Wildman–Crippen MR) is 249 cm³/mol. The molecule has 2 aliphatic carbocycles. The molecule has 2 heterocycles. The molecule has 0 unspecified atom stereocenters. The van der Waals surface area contributed by atoms with Gasteiger partial charge in [-0.25, -0.2) is 9.64 Å². The predicted octanol–water partition coefficient (Wildman–Crippen LogP) is 10.9. The summed E-state index contributed by atoms with van der Waals surface area (Å²) in [6, 6.07) is 15.9. The van der Waals surface area contributed by atoms with Crippen molar-refractivity contribution in [1.29, 1.82) is 5.26 Å². The maximum absolute atomic E-state index is 13.5. The summed E-state index contributed by atoms with van der Waals surface area (Å²) in [5.41, 5.74) is -0.339. The molecule has 346 valence electrons. The summed E-state index contributed by atoms with van der Waals surface area (Å²) in [6.45, 7) is 13.2. The van der Waals surface area contributed by atoms with Crippen LogP contribution in [0.15, 0.2) is 87.9 Å². The quantitative estimate of drug-likeness (QED) is 0.0436. The number of methoxy groups -OCH3 is 2. The second kappa shape index (κ2) is 22.9. The van der Waals surface area contributed by atoms with E-state index in [0.717, 1.165) is 12.8 Å². The summed E-state index contributed by atoms with van der Waals surface area (Å²) in [4.78, 5) is 59.0. The van der Waals surface area contributed by atoms with Crippen LogP contribution in [0, 0.1) is 29.7 Å². The molecule has 0 amide bonds. The monoisotopic (exact) mass is 972 g/mol. The number of carbonyl (C=O) groups is 4. The van der Waals surface area contributed by atoms with Crippen LogP contribution in [-0.2, 0) is 28.7 Å². The standard InChI is InChI=1S/C48H48N2O12S4/c1-6-24-57-29-16-20-33(21-17-29)59-43(51)27-8-12-31(13-9-27)61-45(53)35(26-49)47-63-39-37(55-4)41-42(38(56-5)40(39)64-47)66-48(65-41)36(50-3)46(54)62-32-14-10-28(11-15-32)44(52)60-34-22-18-30(19-23-34)58-25-7-2/h16-23,27-28,31-32H,6-15,24-25H2,1-2,4-5H3. The molecule has 3 aromatic carbocycles. The molecular formula is C48H48N2O12S4. The molecule has 2 fully saturated rings. The highest BCUT2D eigenvalue weighted by atomic mass is 32.2. The van der Waals surface area contributed by atoms with Crippen LogP contribution in [0.3, 0.4) is 0 Å². The maximum Gasteiger partial charge on any atom is 0.350 e. The first-order valence-electron chi connectivity index (χ1n) is 21.7. The van der Waals surface area contributed by atoms with E-state index in [0.29, 0.717) is 127 Å². The van der Waals surface area contributed by atoms with Gasteiger partial charge in [-0.3, -0.25) is 14.4 Å². The number of carbonyl (C=O) groups excluding carboxylic acids is 4. The first kappa shape index (κ1) is 48.5. The van der Waals surface area contributed by atoms with Crippen LogP contribution in [0.4, 0.5) is 0 Å². The normalized spacial score (nSPS) is 19.5. The van der Waals surface area contributed by atoms with Gasteiger partial charge in [0.1, 0.15) is 52.8 Å². The minimum Gasteiger partial charge on any atom is -0.494 e. The van der Waals surface area contributed by atoms with E-state index in [1.165, 1.54) is 61.3 Å². The lowest BCUT2D eigenvalue weighted by molar-refractivity contribution is -0.149. The number of esters is 4. The van der Waals surface area contributed by atoms with E-state index in [1.54, 1.807) is 48.5 Å². The largest absolute Gasteiger partial charge is 0.494 e. The molecule has 0 atom stereocenters. The zero-order chi connectivity index (χ0) is 46.7. The van der Waals surface area contributed by atoms with Gasteiger partial charge in [0.15, 0.2) is 5.57 Å². The van der Waals surface area contributed by atoms with E-state index in [9.17, 15) is 24.4 Å². The van der Waals surface area contributed by atoms with Gasteiger partial charge in [0.2, 0.25) is 0 Å². The molecule has 0 N–H and O–H groups in total. The number of hydrogen-bond acceptors (Lipinski definition) is 17. The lowest BCUT2D eigenvalue weighted by Gasteiger charge is -2.27. The lowest BCUT2D eigenvalue weighted by atomic mass is 9.87. The number of rotatable bonds is 16. The molecule has 7 rings (SSSR count). The Kier molecular flexibility index (Phi) is 16.8. The molecule has 0 spiro atoms. The third-order valence-corrected chi connectivity index (χ3v) is 16.2. The van der Waals surface area contributed by atoms with E-state index in [2.05, 4.69) is 4.85 Å². The topological polar surface area (TPSA) is 170 Å². The van der Waals surface area contributed by atoms with Crippen LogP contribution in [0.5, 0.6) is 34.5 Å². The van der Waals surface area contributed by atoms with Crippen molar-refractivity contribution in [1.82, 2.24) is 0 Å². The summed E-state index contributed by atoms with van der Waals surface area (Å²) in [7, 11) is 3.00. The molecule has 2 aliphatic heterocycles. The van der Waals surface area contributed by atoms with Crippen molar-refractivity contribution >= 4 is 70.9 Å². The highest BCUT2D eigenvalue weighted by Gasteiger charge is 2.41. The van der Waals surface area contributed by atoms with Crippen molar-refractivity contribution in [2.75, 3.05) is 27.4 Å². The van der Waals surface area contributed by atoms with Crippen LogP contribution in [0.2, 0.25) is 0 Å². The van der Waals surface area contributed by atoms with Gasteiger partial charge in [-0.1, -0.05) is 60.9 Å². The molecule has 4 aliphatic rings. The number of nitrogens with zero attached hydrogens (tertiary/aromatic N) is 2. The fraction of sp³-hybridized carbons (Fsp3) is 0.417. The lowest BCUT2D eigenvalue weighted by Crippen LogP contribution is -2.30. The first-order valence-corrected chi connectivity index (χ1v) is 24.9. The van der Waals surface area contributed by atoms with E-state index in [4.69, 9.17) is 44.5 Å². The van der Waals surface area contributed by atoms with Gasteiger partial charge < -0.3 is 37.9 Å². The Morgan fingerprint density at radius 1 is 0.606 bits per heavy atom. The van der Waals surface area contributed by atoms with Crippen molar-refractivity contribution < 1.29 is 57.1 Å².